The topological polar surface area (TPSA) is 89.3 Å². The van der Waals surface area contributed by atoms with Crippen LogP contribution in [0.2, 0.25) is 0 Å². The largest absolute Gasteiger partial charge is 0.383 e. The minimum absolute atomic E-state index is 0.0880. The van der Waals surface area contributed by atoms with Crippen molar-refractivity contribution in [1.82, 2.24) is 20.1 Å². The fourth-order valence-corrected chi connectivity index (χ4v) is 3.81. The normalized spacial score (nSPS) is 15.1. The molecule has 0 aliphatic carbocycles. The van der Waals surface area contributed by atoms with Crippen LogP contribution in [0.3, 0.4) is 0 Å². The molecule has 8 nitrogen and oxygen atoms in total. The molecule has 2 heterocycles. The van der Waals surface area contributed by atoms with Gasteiger partial charge in [-0.15, -0.1) is 0 Å². The van der Waals surface area contributed by atoms with Crippen molar-refractivity contribution in [2.75, 3.05) is 31.7 Å². The number of amides is 2. The number of carbonyl (C=O) groups is 2. The van der Waals surface area contributed by atoms with Gasteiger partial charge in [-0.25, -0.2) is 4.98 Å². The van der Waals surface area contributed by atoms with Gasteiger partial charge in [0.25, 0.3) is 11.8 Å². The van der Waals surface area contributed by atoms with Crippen LogP contribution in [-0.4, -0.2) is 53.4 Å². The van der Waals surface area contributed by atoms with Crippen LogP contribution in [0, 0.1) is 0 Å². The molecule has 0 radical (unpaired) electrons. The highest BCUT2D eigenvalue weighted by Gasteiger charge is 2.36. The van der Waals surface area contributed by atoms with Gasteiger partial charge in [0.15, 0.2) is 5.82 Å². The van der Waals surface area contributed by atoms with Gasteiger partial charge in [0, 0.05) is 43.1 Å². The molecule has 0 saturated heterocycles. The van der Waals surface area contributed by atoms with E-state index in [1.54, 1.807) is 41.2 Å². The molecule has 1 aromatic heterocycles. The maximum atomic E-state index is 13.3. The lowest BCUT2D eigenvalue weighted by molar-refractivity contribution is 0.0936. The van der Waals surface area contributed by atoms with E-state index in [0.29, 0.717) is 36.6 Å². The van der Waals surface area contributed by atoms with E-state index >= 15 is 0 Å². The first-order valence-corrected chi connectivity index (χ1v) is 10.7. The van der Waals surface area contributed by atoms with Crippen molar-refractivity contribution in [1.29, 1.82) is 0 Å². The van der Waals surface area contributed by atoms with Crippen LogP contribution in [0.25, 0.3) is 0 Å². The molecular weight excluding hydrogens is 406 g/mol. The smallest absolute Gasteiger partial charge is 0.258 e. The molecular formula is C24H27N5O3. The average molecular weight is 434 g/mol. The number of fused-ring (bicyclic) bond motifs is 1. The van der Waals surface area contributed by atoms with Crippen molar-refractivity contribution < 1.29 is 14.3 Å². The SMILES string of the molecule is COCCNC(=O)c1ccc2c(c1)[C@H](c1ncn(C(C)C)n1)CN2C(=O)c1ccccc1. The van der Waals surface area contributed by atoms with Gasteiger partial charge < -0.3 is 15.0 Å². The van der Waals surface area contributed by atoms with E-state index < -0.39 is 0 Å². The lowest BCUT2D eigenvalue weighted by Gasteiger charge is -2.18. The fraction of sp³-hybridized carbons (Fsp3) is 0.333. The van der Waals surface area contributed by atoms with Crippen molar-refractivity contribution >= 4 is 17.5 Å². The first kappa shape index (κ1) is 21.7. The highest BCUT2D eigenvalue weighted by atomic mass is 16.5. The molecule has 0 spiro atoms. The Morgan fingerprint density at radius 2 is 1.94 bits per heavy atom. The summed E-state index contributed by atoms with van der Waals surface area (Å²) in [4.78, 5) is 32.2. The maximum Gasteiger partial charge on any atom is 0.258 e. The van der Waals surface area contributed by atoms with E-state index in [2.05, 4.69) is 15.4 Å². The zero-order valence-corrected chi connectivity index (χ0v) is 18.5. The summed E-state index contributed by atoms with van der Waals surface area (Å²) in [6.07, 6.45) is 1.71. The van der Waals surface area contributed by atoms with Gasteiger partial charge >= 0.3 is 0 Å². The van der Waals surface area contributed by atoms with Crippen LogP contribution < -0.4 is 10.2 Å². The Labute approximate surface area is 187 Å². The Hall–Kier alpha value is -3.52. The molecule has 0 saturated carbocycles. The van der Waals surface area contributed by atoms with Crippen LogP contribution in [0.15, 0.2) is 54.9 Å². The number of nitrogens with zero attached hydrogens (tertiary/aromatic N) is 4. The number of rotatable bonds is 7. The van der Waals surface area contributed by atoms with E-state index in [-0.39, 0.29) is 23.8 Å². The Morgan fingerprint density at radius 1 is 1.16 bits per heavy atom. The number of aromatic nitrogens is 3. The second-order valence-electron chi connectivity index (χ2n) is 8.03. The number of benzene rings is 2. The first-order valence-electron chi connectivity index (χ1n) is 10.7. The van der Waals surface area contributed by atoms with Gasteiger partial charge in [0.2, 0.25) is 0 Å². The quantitative estimate of drug-likeness (QED) is 0.579. The molecule has 1 N–H and O–H groups in total. The summed E-state index contributed by atoms with van der Waals surface area (Å²) in [6.45, 7) is 5.35. The Bertz CT molecular complexity index is 1110. The fourth-order valence-electron chi connectivity index (χ4n) is 3.81. The van der Waals surface area contributed by atoms with E-state index in [0.717, 1.165) is 11.3 Å². The van der Waals surface area contributed by atoms with Crippen molar-refractivity contribution in [3.8, 4) is 0 Å². The van der Waals surface area contributed by atoms with Gasteiger partial charge in [-0.1, -0.05) is 18.2 Å². The molecule has 1 aliphatic rings. The highest BCUT2D eigenvalue weighted by Crippen LogP contribution is 2.40. The second-order valence-corrected chi connectivity index (χ2v) is 8.03. The predicted octanol–water partition coefficient (Wildman–Crippen LogP) is 3.03. The molecule has 0 bridgehead atoms. The summed E-state index contributed by atoms with van der Waals surface area (Å²) in [5, 5.41) is 7.49. The van der Waals surface area contributed by atoms with E-state index in [9.17, 15) is 9.59 Å². The summed E-state index contributed by atoms with van der Waals surface area (Å²) in [5.41, 5.74) is 2.79. The van der Waals surface area contributed by atoms with Crippen LogP contribution in [0.4, 0.5) is 5.69 Å². The number of methoxy groups -OCH3 is 1. The third-order valence-corrected chi connectivity index (χ3v) is 5.55. The molecule has 3 aromatic rings. The summed E-state index contributed by atoms with van der Waals surface area (Å²) < 4.78 is 6.81. The standard InChI is InChI=1S/C24H27N5O3/c1-16(2)29-15-26-22(27-29)20-14-28(24(31)17-7-5-4-6-8-17)21-10-9-18(13-19(20)21)23(30)25-11-12-32-3/h4-10,13,15-16,20H,11-12,14H2,1-3H3,(H,25,30)/t20-/m1/s1. The van der Waals surface area contributed by atoms with Crippen molar-refractivity contribution in [3.63, 3.8) is 0 Å². The van der Waals surface area contributed by atoms with Crippen LogP contribution >= 0.6 is 0 Å². The summed E-state index contributed by atoms with van der Waals surface area (Å²) >= 11 is 0. The van der Waals surface area contributed by atoms with Gasteiger partial charge in [0.05, 0.1) is 12.5 Å². The van der Waals surface area contributed by atoms with Gasteiger partial charge in [0.1, 0.15) is 6.33 Å². The van der Waals surface area contributed by atoms with Gasteiger partial charge in [-0.2, -0.15) is 5.10 Å². The highest BCUT2D eigenvalue weighted by molar-refractivity contribution is 6.08. The van der Waals surface area contributed by atoms with Crippen LogP contribution in [0.5, 0.6) is 0 Å². The molecule has 1 aliphatic heterocycles. The molecule has 166 valence electrons. The zero-order chi connectivity index (χ0) is 22.7. The Kier molecular flexibility index (Phi) is 6.32. The lowest BCUT2D eigenvalue weighted by Crippen LogP contribution is -2.30. The monoisotopic (exact) mass is 433 g/mol. The molecule has 1 atom stereocenters. The molecule has 2 aromatic carbocycles. The first-order chi connectivity index (χ1) is 15.5. The summed E-state index contributed by atoms with van der Waals surface area (Å²) in [6, 6.07) is 14.8. The molecule has 0 fully saturated rings. The van der Waals surface area contributed by atoms with Crippen molar-refractivity contribution in [2.45, 2.75) is 25.8 Å². The molecule has 0 unspecified atom stereocenters. The predicted molar refractivity (Wildman–Crippen MR) is 121 cm³/mol. The second kappa shape index (κ2) is 9.32. The van der Waals surface area contributed by atoms with E-state index in [4.69, 9.17) is 4.74 Å². The van der Waals surface area contributed by atoms with Crippen molar-refractivity contribution in [3.05, 3.63) is 77.4 Å². The third-order valence-electron chi connectivity index (χ3n) is 5.55. The van der Waals surface area contributed by atoms with Crippen LogP contribution in [0.1, 0.15) is 57.9 Å². The lowest BCUT2D eigenvalue weighted by atomic mass is 9.98. The number of hydrogen-bond donors (Lipinski definition) is 1. The third kappa shape index (κ3) is 4.27. The molecule has 2 amide bonds. The zero-order valence-electron chi connectivity index (χ0n) is 18.5. The minimum atomic E-state index is -0.218. The Morgan fingerprint density at radius 3 is 2.62 bits per heavy atom. The average Bonchev–Trinajstić information content (AvgIpc) is 3.44. The molecule has 8 heteroatoms. The van der Waals surface area contributed by atoms with E-state index in [1.807, 2.05) is 44.2 Å². The number of anilines is 1. The number of nitrogens with one attached hydrogen (secondary N) is 1. The van der Waals surface area contributed by atoms with Crippen molar-refractivity contribution in [2.24, 2.45) is 0 Å². The van der Waals surface area contributed by atoms with Gasteiger partial charge in [-0.3, -0.25) is 14.3 Å². The molecule has 32 heavy (non-hydrogen) atoms. The summed E-state index contributed by atoms with van der Waals surface area (Å²) in [5.74, 6) is 0.150. The minimum Gasteiger partial charge on any atom is -0.383 e. The molecule has 4 rings (SSSR count). The van der Waals surface area contributed by atoms with Crippen LogP contribution in [-0.2, 0) is 4.74 Å². The number of carbonyl (C=O) groups excluding carboxylic acids is 2. The maximum absolute atomic E-state index is 13.3. The Balaban J connectivity index is 1.70. The van der Waals surface area contributed by atoms with Gasteiger partial charge in [-0.05, 0) is 49.7 Å². The number of hydrogen-bond acceptors (Lipinski definition) is 5. The number of ether oxygens (including phenoxy) is 1. The summed E-state index contributed by atoms with van der Waals surface area (Å²) in [7, 11) is 1.59. The van der Waals surface area contributed by atoms with E-state index in [1.165, 1.54) is 0 Å².